The lowest BCUT2D eigenvalue weighted by molar-refractivity contribution is -0.158. The molecule has 0 atom stereocenters. The summed E-state index contributed by atoms with van der Waals surface area (Å²) in [4.78, 5) is 36.8. The van der Waals surface area contributed by atoms with Gasteiger partial charge in [0.25, 0.3) is 5.91 Å². The number of allylic oxidation sites excluding steroid dienone is 1. The van der Waals surface area contributed by atoms with Crippen LogP contribution in [-0.2, 0) is 15.5 Å². The lowest BCUT2D eigenvalue weighted by atomic mass is 9.95. The zero-order chi connectivity index (χ0) is 18.7. The minimum Gasteiger partial charge on any atom is -0.354 e. The first-order chi connectivity index (χ1) is 12.4. The molecule has 0 radical (unpaired) electrons. The highest BCUT2D eigenvalue weighted by molar-refractivity contribution is 6.13. The SMILES string of the molecule is O=C(CN1C(=O)c2ccccc2C(F)(F)C1=O)NCCC1=CCCCC1. The van der Waals surface area contributed by atoms with E-state index in [4.69, 9.17) is 0 Å². The molecule has 26 heavy (non-hydrogen) atoms. The minimum absolute atomic E-state index is 0.253. The Labute approximate surface area is 150 Å². The van der Waals surface area contributed by atoms with E-state index in [0.717, 1.165) is 25.3 Å². The summed E-state index contributed by atoms with van der Waals surface area (Å²) < 4.78 is 28.6. The second-order valence-corrected chi connectivity index (χ2v) is 6.52. The Balaban J connectivity index is 1.64. The van der Waals surface area contributed by atoms with Gasteiger partial charge in [-0.25, -0.2) is 0 Å². The first-order valence-electron chi connectivity index (χ1n) is 8.69. The number of hydrogen-bond donors (Lipinski definition) is 1. The summed E-state index contributed by atoms with van der Waals surface area (Å²) in [5.41, 5.74) is 0.398. The van der Waals surface area contributed by atoms with E-state index in [1.165, 1.54) is 30.2 Å². The molecule has 5 nitrogen and oxygen atoms in total. The highest BCUT2D eigenvalue weighted by Crippen LogP contribution is 2.37. The van der Waals surface area contributed by atoms with Gasteiger partial charge in [-0.3, -0.25) is 19.3 Å². The van der Waals surface area contributed by atoms with Gasteiger partial charge in [0.05, 0.1) is 0 Å². The minimum atomic E-state index is -3.82. The predicted octanol–water partition coefficient (Wildman–Crippen LogP) is 2.77. The van der Waals surface area contributed by atoms with Crippen molar-refractivity contribution in [1.82, 2.24) is 10.2 Å². The smallest absolute Gasteiger partial charge is 0.351 e. The molecule has 1 aliphatic carbocycles. The van der Waals surface area contributed by atoms with Crippen LogP contribution in [0.5, 0.6) is 0 Å². The van der Waals surface area contributed by atoms with Gasteiger partial charge >= 0.3 is 11.8 Å². The van der Waals surface area contributed by atoms with Crippen LogP contribution in [0.15, 0.2) is 35.9 Å². The van der Waals surface area contributed by atoms with Gasteiger partial charge < -0.3 is 5.32 Å². The monoisotopic (exact) mass is 362 g/mol. The van der Waals surface area contributed by atoms with Gasteiger partial charge in [-0.2, -0.15) is 8.78 Å². The molecule has 7 heteroatoms. The maximum atomic E-state index is 14.3. The Morgan fingerprint density at radius 3 is 2.69 bits per heavy atom. The number of hydrogen-bond acceptors (Lipinski definition) is 3. The van der Waals surface area contributed by atoms with E-state index >= 15 is 0 Å². The van der Waals surface area contributed by atoms with Crippen LogP contribution in [0.25, 0.3) is 0 Å². The summed E-state index contributed by atoms with van der Waals surface area (Å²) >= 11 is 0. The molecule has 1 aliphatic heterocycles. The topological polar surface area (TPSA) is 66.5 Å². The zero-order valence-electron chi connectivity index (χ0n) is 14.3. The maximum absolute atomic E-state index is 14.3. The fourth-order valence-electron chi connectivity index (χ4n) is 3.30. The molecule has 0 unspecified atom stereocenters. The Morgan fingerprint density at radius 2 is 1.96 bits per heavy atom. The first kappa shape index (κ1) is 18.2. The summed E-state index contributed by atoms with van der Waals surface area (Å²) in [7, 11) is 0. The third-order valence-electron chi connectivity index (χ3n) is 4.71. The molecular weight excluding hydrogens is 342 g/mol. The fourth-order valence-corrected chi connectivity index (χ4v) is 3.30. The number of carbonyl (C=O) groups is 3. The molecule has 0 fully saturated rings. The third kappa shape index (κ3) is 3.52. The van der Waals surface area contributed by atoms with Gasteiger partial charge in [0.1, 0.15) is 6.54 Å². The Hall–Kier alpha value is -2.57. The molecule has 0 aromatic heterocycles. The van der Waals surface area contributed by atoms with Crippen molar-refractivity contribution < 1.29 is 23.2 Å². The number of benzene rings is 1. The van der Waals surface area contributed by atoms with Crippen LogP contribution in [0.2, 0.25) is 0 Å². The van der Waals surface area contributed by atoms with Crippen LogP contribution in [0.4, 0.5) is 8.78 Å². The molecule has 3 rings (SSSR count). The number of imide groups is 1. The second-order valence-electron chi connectivity index (χ2n) is 6.52. The van der Waals surface area contributed by atoms with Crippen LogP contribution in [0.1, 0.15) is 48.0 Å². The van der Waals surface area contributed by atoms with Gasteiger partial charge in [0, 0.05) is 17.7 Å². The van der Waals surface area contributed by atoms with Gasteiger partial charge in [-0.1, -0.05) is 29.8 Å². The van der Waals surface area contributed by atoms with E-state index < -0.39 is 35.8 Å². The lowest BCUT2D eigenvalue weighted by Crippen LogP contribution is -2.53. The predicted molar refractivity (Wildman–Crippen MR) is 90.6 cm³/mol. The molecule has 138 valence electrons. The van der Waals surface area contributed by atoms with E-state index in [0.29, 0.717) is 17.9 Å². The highest BCUT2D eigenvalue weighted by atomic mass is 19.3. The van der Waals surface area contributed by atoms with Crippen LogP contribution in [0.3, 0.4) is 0 Å². The molecule has 3 amide bonds. The molecule has 1 aromatic carbocycles. The van der Waals surface area contributed by atoms with E-state index in [1.807, 2.05) is 0 Å². The van der Waals surface area contributed by atoms with E-state index in [9.17, 15) is 23.2 Å². The average molecular weight is 362 g/mol. The van der Waals surface area contributed by atoms with Crippen molar-refractivity contribution in [2.45, 2.75) is 38.0 Å². The molecule has 1 N–H and O–H groups in total. The van der Waals surface area contributed by atoms with Crippen LogP contribution < -0.4 is 5.32 Å². The van der Waals surface area contributed by atoms with Crippen molar-refractivity contribution in [2.24, 2.45) is 0 Å². The molecule has 1 aromatic rings. The number of halogens is 2. The Morgan fingerprint density at radius 1 is 1.19 bits per heavy atom. The Kier molecular flexibility index (Phi) is 5.15. The average Bonchev–Trinajstić information content (AvgIpc) is 2.65. The molecule has 0 spiro atoms. The van der Waals surface area contributed by atoms with E-state index in [2.05, 4.69) is 11.4 Å². The summed E-state index contributed by atoms with van der Waals surface area (Å²) in [6.07, 6.45) is 7.18. The molecular formula is C19H20F2N2O3. The third-order valence-corrected chi connectivity index (χ3v) is 4.71. The van der Waals surface area contributed by atoms with Crippen LogP contribution in [-0.4, -0.2) is 35.7 Å². The number of nitrogens with one attached hydrogen (secondary N) is 1. The molecule has 2 aliphatic rings. The van der Waals surface area contributed by atoms with Crippen molar-refractivity contribution in [1.29, 1.82) is 0 Å². The summed E-state index contributed by atoms with van der Waals surface area (Å²) in [5.74, 6) is -6.98. The van der Waals surface area contributed by atoms with Crippen molar-refractivity contribution in [3.05, 3.63) is 47.0 Å². The number of amides is 3. The quantitative estimate of drug-likeness (QED) is 0.647. The normalized spacial score (nSPS) is 19.0. The van der Waals surface area contributed by atoms with Crippen molar-refractivity contribution >= 4 is 17.7 Å². The largest absolute Gasteiger partial charge is 0.354 e. The van der Waals surface area contributed by atoms with Crippen molar-refractivity contribution in [3.8, 4) is 0 Å². The molecule has 0 bridgehead atoms. The molecule has 0 saturated heterocycles. The summed E-state index contributed by atoms with van der Waals surface area (Å²) in [5, 5.41) is 2.60. The van der Waals surface area contributed by atoms with Gasteiger partial charge in [-0.15, -0.1) is 0 Å². The van der Waals surface area contributed by atoms with Gasteiger partial charge in [0.15, 0.2) is 0 Å². The number of alkyl halides is 2. The highest BCUT2D eigenvalue weighted by Gasteiger charge is 2.52. The Bertz CT molecular complexity index is 774. The zero-order valence-corrected chi connectivity index (χ0v) is 14.3. The van der Waals surface area contributed by atoms with Crippen LogP contribution >= 0.6 is 0 Å². The lowest BCUT2D eigenvalue weighted by Gasteiger charge is -2.31. The van der Waals surface area contributed by atoms with Gasteiger partial charge in [0.2, 0.25) is 5.91 Å². The van der Waals surface area contributed by atoms with Crippen molar-refractivity contribution in [3.63, 3.8) is 0 Å². The van der Waals surface area contributed by atoms with Gasteiger partial charge in [-0.05, 0) is 38.2 Å². The van der Waals surface area contributed by atoms with E-state index in [-0.39, 0.29) is 5.56 Å². The van der Waals surface area contributed by atoms with E-state index in [1.54, 1.807) is 0 Å². The summed E-state index contributed by atoms with van der Waals surface area (Å²) in [6.45, 7) is -0.353. The standard InChI is InChI=1S/C19H20F2N2O3/c20-19(21)15-9-5-4-8-14(15)17(25)23(18(19)26)12-16(24)22-11-10-13-6-2-1-3-7-13/h4-6,8-9H,1-3,7,10-12H2,(H,22,24). The number of nitrogens with zero attached hydrogens (tertiary/aromatic N) is 1. The second kappa shape index (κ2) is 7.35. The first-order valence-corrected chi connectivity index (χ1v) is 8.69. The van der Waals surface area contributed by atoms with Crippen molar-refractivity contribution in [2.75, 3.05) is 13.1 Å². The summed E-state index contributed by atoms with van der Waals surface area (Å²) in [6, 6.07) is 5.08. The fraction of sp³-hybridized carbons (Fsp3) is 0.421. The number of fused-ring (bicyclic) bond motifs is 1. The maximum Gasteiger partial charge on any atom is 0.351 e. The van der Waals surface area contributed by atoms with Crippen LogP contribution in [0, 0.1) is 0 Å². The molecule has 1 heterocycles. The number of carbonyl (C=O) groups excluding carboxylic acids is 3. The number of rotatable bonds is 5. The molecule has 0 saturated carbocycles.